The van der Waals surface area contributed by atoms with Crippen LogP contribution in [-0.2, 0) is 15.7 Å². The number of Topliss-reactive ketones (excluding diaryl/α,β-unsaturated/α-hetero) is 1. The zero-order valence-electron chi connectivity index (χ0n) is 23.3. The molecule has 3 rings (SSSR count). The molecule has 1 aromatic carbocycles. The van der Waals surface area contributed by atoms with Crippen molar-refractivity contribution in [1.29, 1.82) is 0 Å². The fourth-order valence-electron chi connectivity index (χ4n) is 4.39. The van der Waals surface area contributed by atoms with Crippen molar-refractivity contribution in [2.75, 3.05) is 26.4 Å². The van der Waals surface area contributed by atoms with Gasteiger partial charge in [0.15, 0.2) is 5.78 Å². The number of ether oxygens (including phenoxy) is 1. The first-order valence-electron chi connectivity index (χ1n) is 13.5. The Balaban J connectivity index is 1.77. The molecule has 222 valence electrons. The second kappa shape index (κ2) is 13.7. The highest BCUT2D eigenvalue weighted by Crippen LogP contribution is 2.31. The van der Waals surface area contributed by atoms with Crippen LogP contribution in [0.5, 0.6) is 0 Å². The molecule has 2 N–H and O–H groups in total. The molecule has 13 heteroatoms. The van der Waals surface area contributed by atoms with Gasteiger partial charge in [-0.05, 0) is 76.4 Å². The Hall–Kier alpha value is -2.80. The van der Waals surface area contributed by atoms with Crippen molar-refractivity contribution in [3.63, 3.8) is 0 Å². The second-order valence-corrected chi connectivity index (χ2v) is 11.9. The van der Waals surface area contributed by atoms with Gasteiger partial charge in [0.25, 0.3) is 17.4 Å². The number of amides is 3. The number of nitrogens with zero attached hydrogens (tertiary/aromatic N) is 3. The summed E-state index contributed by atoms with van der Waals surface area (Å²) in [7, 11) is 3.86. The molecule has 0 bridgehead atoms. The molecule has 1 unspecified atom stereocenters. The highest BCUT2D eigenvalue weighted by molar-refractivity contribution is 8.13. The first-order chi connectivity index (χ1) is 18.8. The lowest BCUT2D eigenvalue weighted by Gasteiger charge is -2.39. The lowest BCUT2D eigenvalue weighted by atomic mass is 9.88. The van der Waals surface area contributed by atoms with Gasteiger partial charge in [-0.2, -0.15) is 18.2 Å². The number of thioether (sulfide) groups is 1. The van der Waals surface area contributed by atoms with E-state index >= 15 is 0 Å². The second-order valence-electron chi connectivity index (χ2n) is 10.8. The zero-order valence-corrected chi connectivity index (χ0v) is 24.2. The number of hydrogen-bond acceptors (Lipinski definition) is 7. The third-order valence-corrected chi connectivity index (χ3v) is 7.53. The van der Waals surface area contributed by atoms with Crippen LogP contribution in [0.3, 0.4) is 0 Å². The molecule has 0 spiro atoms. The maximum Gasteiger partial charge on any atom is 0.416 e. The average molecular weight is 586 g/mol. The van der Waals surface area contributed by atoms with Crippen LogP contribution in [-0.4, -0.2) is 71.1 Å². The quantitative estimate of drug-likeness (QED) is 0.373. The lowest BCUT2D eigenvalue weighted by molar-refractivity contribution is -0.137. The third kappa shape index (κ3) is 8.85. The van der Waals surface area contributed by atoms with Crippen LogP contribution < -0.4 is 10.6 Å². The first-order valence-corrected chi connectivity index (χ1v) is 14.4. The van der Waals surface area contributed by atoms with Gasteiger partial charge in [0, 0.05) is 24.3 Å². The Morgan fingerprint density at radius 3 is 2.35 bits per heavy atom. The van der Waals surface area contributed by atoms with Crippen molar-refractivity contribution in [2.24, 2.45) is 11.0 Å². The molecular formula is C27H38F3N5O4S. The Bertz CT molecular complexity index is 1070. The van der Waals surface area contributed by atoms with E-state index < -0.39 is 35.6 Å². The molecule has 1 heterocycles. The van der Waals surface area contributed by atoms with Crippen LogP contribution in [0.4, 0.5) is 18.0 Å². The van der Waals surface area contributed by atoms with Gasteiger partial charge in [-0.15, -0.1) is 5.10 Å². The molecule has 1 aliphatic carbocycles. The van der Waals surface area contributed by atoms with Gasteiger partial charge >= 0.3 is 12.2 Å². The summed E-state index contributed by atoms with van der Waals surface area (Å²) in [5, 5.41) is 11.2. The largest absolute Gasteiger partial charge is 0.438 e. The summed E-state index contributed by atoms with van der Waals surface area (Å²) in [4.78, 5) is 41.6. The summed E-state index contributed by atoms with van der Waals surface area (Å²) < 4.78 is 44.7. The number of benzene rings is 1. The minimum Gasteiger partial charge on any atom is -0.438 e. The standard InChI is InChI=1S/C27H38F3N5O4S/c1-18(2)8-13-21(36)23-35(33-25(39-23)40-17-16-34(3)4)24(38)32-26(14-6-5-7-15-26)31-22(37)19-9-11-20(12-10-19)27(28,29)30/h9-12,18,23H,5-8,13-17H2,1-4H3,(H,31,37)(H,32,38). The number of hydrogen-bond donors (Lipinski definition) is 2. The zero-order chi connectivity index (χ0) is 29.5. The predicted octanol–water partition coefficient (Wildman–Crippen LogP) is 5.03. The van der Waals surface area contributed by atoms with Crippen molar-refractivity contribution in [2.45, 2.75) is 76.9 Å². The Labute approximate surface area is 237 Å². The van der Waals surface area contributed by atoms with E-state index in [1.807, 2.05) is 32.8 Å². The summed E-state index contributed by atoms with van der Waals surface area (Å²) in [6.45, 7) is 4.74. The first kappa shape index (κ1) is 31.7. The van der Waals surface area contributed by atoms with E-state index in [4.69, 9.17) is 4.74 Å². The minimum atomic E-state index is -4.52. The van der Waals surface area contributed by atoms with Crippen molar-refractivity contribution in [1.82, 2.24) is 20.5 Å². The van der Waals surface area contributed by atoms with Crippen LogP contribution >= 0.6 is 11.8 Å². The summed E-state index contributed by atoms with van der Waals surface area (Å²) in [5.41, 5.74) is -1.98. The SMILES string of the molecule is CC(C)CCC(=O)C1OC(SCCN(C)C)=NN1C(=O)NC1(NC(=O)c2ccc(C(F)(F)F)cc2)CCCCC1. The van der Waals surface area contributed by atoms with Gasteiger partial charge in [0.05, 0.1) is 5.56 Å². The molecule has 0 radical (unpaired) electrons. The Morgan fingerprint density at radius 2 is 1.77 bits per heavy atom. The Morgan fingerprint density at radius 1 is 1.12 bits per heavy atom. The molecular weight excluding hydrogens is 547 g/mol. The Kier molecular flexibility index (Phi) is 10.9. The normalized spacial score (nSPS) is 18.9. The van der Waals surface area contributed by atoms with Crippen LogP contribution in [0.2, 0.25) is 0 Å². The monoisotopic (exact) mass is 585 g/mol. The van der Waals surface area contributed by atoms with Gasteiger partial charge in [0.1, 0.15) is 5.66 Å². The molecule has 1 saturated carbocycles. The van der Waals surface area contributed by atoms with Crippen LogP contribution in [0, 0.1) is 5.92 Å². The molecule has 1 fully saturated rings. The van der Waals surface area contributed by atoms with Gasteiger partial charge in [-0.25, -0.2) is 4.79 Å². The summed E-state index contributed by atoms with van der Waals surface area (Å²) in [5.74, 6) is 0.0405. The fraction of sp³-hybridized carbons (Fsp3) is 0.630. The van der Waals surface area contributed by atoms with Crippen LogP contribution in [0.15, 0.2) is 29.4 Å². The highest BCUT2D eigenvalue weighted by atomic mass is 32.2. The highest BCUT2D eigenvalue weighted by Gasteiger charge is 2.43. The van der Waals surface area contributed by atoms with Crippen molar-refractivity contribution >= 4 is 34.7 Å². The minimum absolute atomic E-state index is 0.0380. The average Bonchev–Trinajstić information content (AvgIpc) is 3.31. The predicted molar refractivity (Wildman–Crippen MR) is 147 cm³/mol. The number of halogens is 3. The topological polar surface area (TPSA) is 103 Å². The van der Waals surface area contributed by atoms with E-state index in [9.17, 15) is 27.6 Å². The van der Waals surface area contributed by atoms with Crippen molar-refractivity contribution in [3.8, 4) is 0 Å². The van der Waals surface area contributed by atoms with Gasteiger partial charge in [-0.3, -0.25) is 9.59 Å². The molecule has 1 aromatic rings. The maximum atomic E-state index is 13.6. The summed E-state index contributed by atoms with van der Waals surface area (Å²) >= 11 is 1.30. The van der Waals surface area contributed by atoms with Crippen molar-refractivity contribution < 1.29 is 32.3 Å². The van der Waals surface area contributed by atoms with Crippen LogP contribution in [0.25, 0.3) is 0 Å². The van der Waals surface area contributed by atoms with E-state index in [1.54, 1.807) is 0 Å². The van der Waals surface area contributed by atoms with Gasteiger partial charge < -0.3 is 20.3 Å². The number of rotatable bonds is 10. The molecule has 1 aliphatic heterocycles. The summed E-state index contributed by atoms with van der Waals surface area (Å²) in [6, 6.07) is 3.21. The van der Waals surface area contributed by atoms with E-state index in [1.165, 1.54) is 11.8 Å². The number of carbonyl (C=O) groups is 3. The van der Waals surface area contributed by atoms with E-state index in [0.717, 1.165) is 55.1 Å². The van der Waals surface area contributed by atoms with Crippen LogP contribution in [0.1, 0.15) is 74.7 Å². The molecule has 40 heavy (non-hydrogen) atoms. The third-order valence-electron chi connectivity index (χ3n) is 6.72. The smallest absolute Gasteiger partial charge is 0.416 e. The number of urea groups is 1. The number of hydrazone groups is 1. The fourth-order valence-corrected chi connectivity index (χ4v) is 5.33. The molecule has 2 aliphatic rings. The van der Waals surface area contributed by atoms with Gasteiger partial charge in [0.2, 0.25) is 0 Å². The molecule has 0 aromatic heterocycles. The van der Waals surface area contributed by atoms with E-state index in [2.05, 4.69) is 15.7 Å². The van der Waals surface area contributed by atoms with E-state index in [0.29, 0.717) is 25.0 Å². The molecule has 3 amide bonds. The maximum absolute atomic E-state index is 13.6. The van der Waals surface area contributed by atoms with Crippen molar-refractivity contribution in [3.05, 3.63) is 35.4 Å². The number of ketones is 1. The molecule has 1 atom stereocenters. The lowest BCUT2D eigenvalue weighted by Crippen LogP contribution is -2.64. The van der Waals surface area contributed by atoms with E-state index in [-0.39, 0.29) is 28.9 Å². The number of nitrogens with one attached hydrogen (secondary N) is 2. The number of alkyl halides is 3. The number of carbonyl (C=O) groups excluding carboxylic acids is 3. The molecule has 9 nitrogen and oxygen atoms in total. The summed E-state index contributed by atoms with van der Waals surface area (Å²) in [6.07, 6.45) is -1.71. The molecule has 0 saturated heterocycles. The van der Waals surface area contributed by atoms with Gasteiger partial charge in [-0.1, -0.05) is 32.0 Å².